The molecule has 4 N–H and O–H groups in total. The van der Waals surface area contributed by atoms with Crippen molar-refractivity contribution in [3.8, 4) is 5.75 Å². The van der Waals surface area contributed by atoms with Crippen LogP contribution >= 0.6 is 23.8 Å². The lowest BCUT2D eigenvalue weighted by Crippen LogP contribution is -2.23. The van der Waals surface area contributed by atoms with Gasteiger partial charge in [-0.3, -0.25) is 5.43 Å². The van der Waals surface area contributed by atoms with Crippen LogP contribution in [0.3, 0.4) is 0 Å². The Labute approximate surface area is 148 Å². The fourth-order valence-electron chi connectivity index (χ4n) is 1.78. The summed E-state index contributed by atoms with van der Waals surface area (Å²) in [5.74, 6) is -1.31. The van der Waals surface area contributed by atoms with Gasteiger partial charge in [-0.15, -0.1) is 0 Å². The molecule has 0 amide bonds. The molecule has 0 spiro atoms. The van der Waals surface area contributed by atoms with Crippen LogP contribution in [-0.2, 0) is 0 Å². The van der Waals surface area contributed by atoms with Crippen LogP contribution < -0.4 is 10.7 Å². The normalized spacial score (nSPS) is 10.6. The molecule has 0 saturated heterocycles. The first-order valence-electron chi connectivity index (χ1n) is 6.79. The number of aryl methyl sites for hydroxylation is 1. The maximum absolute atomic E-state index is 10.8. The van der Waals surface area contributed by atoms with Gasteiger partial charge in [-0.2, -0.15) is 5.10 Å². The van der Waals surface area contributed by atoms with Gasteiger partial charge in [-0.05, 0) is 55.0 Å². The van der Waals surface area contributed by atoms with Crippen molar-refractivity contribution in [2.24, 2.45) is 5.10 Å². The highest BCUT2D eigenvalue weighted by atomic mass is 35.5. The second kappa shape index (κ2) is 7.76. The third-order valence-electron chi connectivity index (χ3n) is 3.08. The highest BCUT2D eigenvalue weighted by molar-refractivity contribution is 7.80. The zero-order valence-corrected chi connectivity index (χ0v) is 14.1. The van der Waals surface area contributed by atoms with Crippen molar-refractivity contribution in [3.05, 3.63) is 58.1 Å². The van der Waals surface area contributed by atoms with Crippen LogP contribution in [0, 0.1) is 6.92 Å². The van der Waals surface area contributed by atoms with E-state index in [1.165, 1.54) is 18.3 Å². The number of phenols is 1. The van der Waals surface area contributed by atoms with Crippen LogP contribution in [0.25, 0.3) is 0 Å². The molecule has 0 heterocycles. The van der Waals surface area contributed by atoms with Crippen LogP contribution in [-0.4, -0.2) is 27.5 Å². The summed E-state index contributed by atoms with van der Waals surface area (Å²) in [6.07, 6.45) is 1.33. The molecule has 0 fully saturated rings. The fraction of sp³-hybridized carbons (Fsp3) is 0.0625. The Morgan fingerprint density at radius 1 is 1.29 bits per heavy atom. The van der Waals surface area contributed by atoms with E-state index in [1.807, 2.05) is 19.1 Å². The minimum Gasteiger partial charge on any atom is -0.507 e. The number of benzene rings is 2. The number of nitrogens with one attached hydrogen (secondary N) is 2. The van der Waals surface area contributed by atoms with Crippen molar-refractivity contribution in [1.29, 1.82) is 0 Å². The third-order valence-corrected chi connectivity index (χ3v) is 3.68. The number of thiocarbonyl (C=S) groups is 1. The summed E-state index contributed by atoms with van der Waals surface area (Å²) in [5, 5.41) is 26.3. The molecule has 0 saturated carbocycles. The average molecular weight is 364 g/mol. The van der Waals surface area contributed by atoms with Crippen molar-refractivity contribution in [2.75, 3.05) is 5.32 Å². The summed E-state index contributed by atoms with van der Waals surface area (Å²) < 4.78 is 0. The Kier molecular flexibility index (Phi) is 5.73. The Morgan fingerprint density at radius 2 is 2.04 bits per heavy atom. The van der Waals surface area contributed by atoms with E-state index in [0.29, 0.717) is 16.3 Å². The van der Waals surface area contributed by atoms with Gasteiger partial charge in [-0.1, -0.05) is 17.7 Å². The second-order valence-corrected chi connectivity index (χ2v) is 5.68. The molecular formula is C16H14ClN3O3S. The molecule has 0 radical (unpaired) electrons. The van der Waals surface area contributed by atoms with E-state index in [0.717, 1.165) is 11.6 Å². The molecule has 0 aromatic heterocycles. The Morgan fingerprint density at radius 3 is 2.67 bits per heavy atom. The Hall–Kier alpha value is -2.64. The zero-order chi connectivity index (χ0) is 17.7. The van der Waals surface area contributed by atoms with Crippen molar-refractivity contribution in [1.82, 2.24) is 5.43 Å². The first-order valence-corrected chi connectivity index (χ1v) is 7.58. The van der Waals surface area contributed by atoms with E-state index in [1.54, 1.807) is 6.07 Å². The number of hydrogen-bond acceptors (Lipinski definition) is 4. The number of hydrazone groups is 1. The molecule has 124 valence electrons. The number of carboxylic acid groups (broad SMARTS) is 1. The summed E-state index contributed by atoms with van der Waals surface area (Å²) in [4.78, 5) is 10.8. The Bertz CT molecular complexity index is 824. The number of hydrogen-bond donors (Lipinski definition) is 4. The number of carboxylic acids is 1. The lowest BCUT2D eigenvalue weighted by Gasteiger charge is -2.08. The van der Waals surface area contributed by atoms with Gasteiger partial charge >= 0.3 is 5.97 Å². The summed E-state index contributed by atoms with van der Waals surface area (Å²) in [6, 6.07) is 9.39. The summed E-state index contributed by atoms with van der Waals surface area (Å²) in [6.45, 7) is 1.90. The van der Waals surface area contributed by atoms with E-state index in [-0.39, 0.29) is 16.4 Å². The number of halogens is 1. The molecule has 2 aromatic carbocycles. The topological polar surface area (TPSA) is 94.0 Å². The number of nitrogens with zero attached hydrogens (tertiary/aromatic N) is 1. The SMILES string of the molecule is Cc1ccc(NC(=S)NN=Cc2ccc(C(=O)O)cc2O)cc1Cl. The van der Waals surface area contributed by atoms with Crippen LogP contribution in [0.1, 0.15) is 21.5 Å². The van der Waals surface area contributed by atoms with E-state index < -0.39 is 5.97 Å². The van der Waals surface area contributed by atoms with Gasteiger partial charge in [0.1, 0.15) is 5.75 Å². The van der Waals surface area contributed by atoms with Crippen molar-refractivity contribution >= 4 is 46.8 Å². The number of aromatic hydroxyl groups is 1. The molecule has 8 heteroatoms. The van der Waals surface area contributed by atoms with E-state index in [9.17, 15) is 9.90 Å². The van der Waals surface area contributed by atoms with Gasteiger partial charge < -0.3 is 15.5 Å². The van der Waals surface area contributed by atoms with Crippen LogP contribution in [0.15, 0.2) is 41.5 Å². The molecule has 6 nitrogen and oxygen atoms in total. The monoisotopic (exact) mass is 363 g/mol. The minimum atomic E-state index is -1.12. The fourth-order valence-corrected chi connectivity index (χ4v) is 2.13. The summed E-state index contributed by atoms with van der Waals surface area (Å²) in [7, 11) is 0. The predicted molar refractivity (Wildman–Crippen MR) is 98.2 cm³/mol. The quantitative estimate of drug-likeness (QED) is 0.378. The van der Waals surface area contributed by atoms with Crippen molar-refractivity contribution < 1.29 is 15.0 Å². The Balaban J connectivity index is 1.97. The first kappa shape index (κ1) is 17.7. The second-order valence-electron chi connectivity index (χ2n) is 4.87. The maximum Gasteiger partial charge on any atom is 0.335 e. The average Bonchev–Trinajstić information content (AvgIpc) is 2.52. The van der Waals surface area contributed by atoms with Crippen LogP contribution in [0.5, 0.6) is 5.75 Å². The highest BCUT2D eigenvalue weighted by Crippen LogP contribution is 2.20. The van der Waals surface area contributed by atoms with Gasteiger partial charge in [0.25, 0.3) is 0 Å². The third kappa shape index (κ3) is 4.68. The number of carbonyl (C=O) groups is 1. The number of phenolic OH excluding ortho intramolecular Hbond substituents is 1. The molecule has 0 unspecified atom stereocenters. The molecule has 0 aliphatic rings. The van der Waals surface area contributed by atoms with Gasteiger partial charge in [0.05, 0.1) is 11.8 Å². The first-order chi connectivity index (χ1) is 11.4. The van der Waals surface area contributed by atoms with Crippen LogP contribution in [0.2, 0.25) is 5.02 Å². The molecule has 0 bridgehead atoms. The van der Waals surface area contributed by atoms with E-state index >= 15 is 0 Å². The number of anilines is 1. The smallest absolute Gasteiger partial charge is 0.335 e. The molecule has 0 aliphatic carbocycles. The molecular weight excluding hydrogens is 350 g/mol. The lowest BCUT2D eigenvalue weighted by molar-refractivity contribution is 0.0696. The molecule has 24 heavy (non-hydrogen) atoms. The highest BCUT2D eigenvalue weighted by Gasteiger charge is 2.06. The van der Waals surface area contributed by atoms with E-state index in [2.05, 4.69) is 15.8 Å². The predicted octanol–water partition coefficient (Wildman–Crippen LogP) is 3.37. The summed E-state index contributed by atoms with van der Waals surface area (Å²) >= 11 is 11.1. The molecule has 2 rings (SSSR count). The number of rotatable bonds is 4. The van der Waals surface area contributed by atoms with Gasteiger partial charge in [0.2, 0.25) is 0 Å². The van der Waals surface area contributed by atoms with Gasteiger partial charge in [-0.25, -0.2) is 4.79 Å². The zero-order valence-electron chi connectivity index (χ0n) is 12.6. The van der Waals surface area contributed by atoms with E-state index in [4.69, 9.17) is 28.9 Å². The summed E-state index contributed by atoms with van der Waals surface area (Å²) in [5.41, 5.74) is 4.62. The minimum absolute atomic E-state index is 0.00829. The van der Waals surface area contributed by atoms with Crippen molar-refractivity contribution in [2.45, 2.75) is 6.92 Å². The van der Waals surface area contributed by atoms with Crippen molar-refractivity contribution in [3.63, 3.8) is 0 Å². The maximum atomic E-state index is 10.8. The molecule has 2 aromatic rings. The van der Waals surface area contributed by atoms with Gasteiger partial charge in [0.15, 0.2) is 5.11 Å². The number of aromatic carboxylic acids is 1. The lowest BCUT2D eigenvalue weighted by atomic mass is 10.1. The largest absolute Gasteiger partial charge is 0.507 e. The molecule has 0 aliphatic heterocycles. The standard InChI is InChI=1S/C16H14ClN3O3S/c1-9-2-5-12(7-13(9)17)19-16(24)20-18-8-11-4-3-10(15(22)23)6-14(11)21/h2-8,21H,1H3,(H,22,23)(H2,19,20,24). The van der Waals surface area contributed by atoms with Crippen LogP contribution in [0.4, 0.5) is 5.69 Å². The van der Waals surface area contributed by atoms with Gasteiger partial charge in [0, 0.05) is 16.3 Å². The molecule has 0 atom stereocenters.